The van der Waals surface area contributed by atoms with Gasteiger partial charge in [0.2, 0.25) is 0 Å². The van der Waals surface area contributed by atoms with Crippen LogP contribution in [0.3, 0.4) is 0 Å². The fourth-order valence-electron chi connectivity index (χ4n) is 2.49. The maximum absolute atomic E-state index is 11.8. The quantitative estimate of drug-likeness (QED) is 0.828. The summed E-state index contributed by atoms with van der Waals surface area (Å²) in [5.74, 6) is 0.0274. The van der Waals surface area contributed by atoms with Crippen molar-refractivity contribution in [3.63, 3.8) is 0 Å². The Labute approximate surface area is 106 Å². The number of pyridine rings is 1. The van der Waals surface area contributed by atoms with Crippen molar-refractivity contribution in [2.45, 2.75) is 13.3 Å². The summed E-state index contributed by atoms with van der Waals surface area (Å²) in [5.41, 5.74) is 5.17. The minimum absolute atomic E-state index is 0.0274. The van der Waals surface area contributed by atoms with E-state index < -0.39 is 0 Å². The number of carbonyl (C=O) groups is 1. The van der Waals surface area contributed by atoms with E-state index in [2.05, 4.69) is 22.4 Å². The van der Waals surface area contributed by atoms with Gasteiger partial charge in [0.25, 0.3) is 5.91 Å². The van der Waals surface area contributed by atoms with Gasteiger partial charge >= 0.3 is 0 Å². The lowest BCUT2D eigenvalue weighted by atomic mass is 9.90. The largest absolute Gasteiger partial charge is 0.352 e. The first-order valence-electron chi connectivity index (χ1n) is 6.09. The maximum Gasteiger partial charge on any atom is 0.251 e. The third-order valence-corrected chi connectivity index (χ3v) is 3.38. The van der Waals surface area contributed by atoms with E-state index in [4.69, 9.17) is 0 Å². The summed E-state index contributed by atoms with van der Waals surface area (Å²) in [7, 11) is 0. The Morgan fingerprint density at radius 1 is 1.11 bits per heavy atom. The SMILES string of the molecule is Cc1ncccc1-c1cccc2c1CCNC2=O. The third-order valence-electron chi connectivity index (χ3n) is 3.38. The van der Waals surface area contributed by atoms with Crippen molar-refractivity contribution in [1.29, 1.82) is 0 Å². The van der Waals surface area contributed by atoms with Gasteiger partial charge in [0, 0.05) is 29.6 Å². The van der Waals surface area contributed by atoms with E-state index in [1.54, 1.807) is 6.20 Å². The molecule has 0 unspecified atom stereocenters. The molecule has 3 nitrogen and oxygen atoms in total. The van der Waals surface area contributed by atoms with E-state index in [0.29, 0.717) is 6.54 Å². The molecule has 90 valence electrons. The summed E-state index contributed by atoms with van der Waals surface area (Å²) >= 11 is 0. The van der Waals surface area contributed by atoms with Gasteiger partial charge in [-0.05, 0) is 36.6 Å². The summed E-state index contributed by atoms with van der Waals surface area (Å²) < 4.78 is 0. The molecule has 1 aromatic heterocycles. The number of amides is 1. The number of nitrogens with one attached hydrogen (secondary N) is 1. The topological polar surface area (TPSA) is 42.0 Å². The van der Waals surface area contributed by atoms with Crippen LogP contribution < -0.4 is 5.32 Å². The van der Waals surface area contributed by atoms with Gasteiger partial charge in [-0.1, -0.05) is 18.2 Å². The van der Waals surface area contributed by atoms with E-state index in [-0.39, 0.29) is 5.91 Å². The highest BCUT2D eigenvalue weighted by Gasteiger charge is 2.20. The maximum atomic E-state index is 11.8. The van der Waals surface area contributed by atoms with Crippen LogP contribution in [0.2, 0.25) is 0 Å². The molecule has 2 aromatic rings. The number of hydrogen-bond donors (Lipinski definition) is 1. The molecule has 0 saturated carbocycles. The second kappa shape index (κ2) is 4.26. The molecule has 3 heteroatoms. The Morgan fingerprint density at radius 2 is 1.89 bits per heavy atom. The summed E-state index contributed by atoms with van der Waals surface area (Å²) in [4.78, 5) is 16.2. The van der Waals surface area contributed by atoms with Crippen LogP contribution >= 0.6 is 0 Å². The second-order valence-corrected chi connectivity index (χ2v) is 4.47. The molecule has 0 saturated heterocycles. The summed E-state index contributed by atoms with van der Waals surface area (Å²) in [6.07, 6.45) is 2.67. The number of rotatable bonds is 1. The minimum atomic E-state index is 0.0274. The van der Waals surface area contributed by atoms with Crippen molar-refractivity contribution < 1.29 is 4.79 Å². The molecule has 0 atom stereocenters. The van der Waals surface area contributed by atoms with Gasteiger partial charge in [-0.2, -0.15) is 0 Å². The molecule has 3 rings (SSSR count). The number of carbonyl (C=O) groups excluding carboxylic acids is 1. The summed E-state index contributed by atoms with van der Waals surface area (Å²) in [6, 6.07) is 9.89. The van der Waals surface area contributed by atoms with Gasteiger partial charge in [0.05, 0.1) is 0 Å². The molecule has 18 heavy (non-hydrogen) atoms. The predicted octanol–water partition coefficient (Wildman–Crippen LogP) is 2.34. The van der Waals surface area contributed by atoms with Gasteiger partial charge in [-0.3, -0.25) is 9.78 Å². The molecule has 1 amide bonds. The van der Waals surface area contributed by atoms with Crippen LogP contribution in [-0.4, -0.2) is 17.4 Å². The van der Waals surface area contributed by atoms with E-state index in [1.165, 1.54) is 0 Å². The molecular formula is C15H14N2O. The number of hydrogen-bond acceptors (Lipinski definition) is 2. The van der Waals surface area contributed by atoms with Crippen molar-refractivity contribution in [2.75, 3.05) is 6.54 Å². The normalized spacial score (nSPS) is 13.9. The first-order chi connectivity index (χ1) is 8.77. The molecule has 1 aliphatic heterocycles. The monoisotopic (exact) mass is 238 g/mol. The highest BCUT2D eigenvalue weighted by Crippen LogP contribution is 2.29. The molecule has 2 heterocycles. The van der Waals surface area contributed by atoms with Crippen LogP contribution in [-0.2, 0) is 6.42 Å². The highest BCUT2D eigenvalue weighted by molar-refractivity contribution is 5.98. The van der Waals surface area contributed by atoms with Crippen LogP contribution in [0.15, 0.2) is 36.5 Å². The zero-order valence-corrected chi connectivity index (χ0v) is 10.2. The predicted molar refractivity (Wildman–Crippen MR) is 70.4 cm³/mol. The zero-order valence-electron chi connectivity index (χ0n) is 10.2. The number of aryl methyl sites for hydroxylation is 1. The average Bonchev–Trinajstić information content (AvgIpc) is 2.40. The lowest BCUT2D eigenvalue weighted by Gasteiger charge is -2.20. The number of fused-ring (bicyclic) bond motifs is 1. The van der Waals surface area contributed by atoms with Crippen molar-refractivity contribution in [1.82, 2.24) is 10.3 Å². The minimum Gasteiger partial charge on any atom is -0.352 e. The van der Waals surface area contributed by atoms with Gasteiger partial charge in [0.1, 0.15) is 0 Å². The van der Waals surface area contributed by atoms with Crippen LogP contribution in [0.4, 0.5) is 0 Å². The molecule has 0 spiro atoms. The Bertz CT molecular complexity index is 620. The van der Waals surface area contributed by atoms with E-state index >= 15 is 0 Å². The summed E-state index contributed by atoms with van der Waals surface area (Å²) in [5, 5.41) is 2.88. The first kappa shape index (κ1) is 11.0. The smallest absolute Gasteiger partial charge is 0.251 e. The number of aromatic nitrogens is 1. The fraction of sp³-hybridized carbons (Fsp3) is 0.200. The van der Waals surface area contributed by atoms with Crippen LogP contribution in [0, 0.1) is 6.92 Å². The van der Waals surface area contributed by atoms with Crippen molar-refractivity contribution in [3.8, 4) is 11.1 Å². The third kappa shape index (κ3) is 1.68. The average molecular weight is 238 g/mol. The van der Waals surface area contributed by atoms with Gasteiger partial charge in [-0.25, -0.2) is 0 Å². The second-order valence-electron chi connectivity index (χ2n) is 4.47. The molecular weight excluding hydrogens is 224 g/mol. The van der Waals surface area contributed by atoms with E-state index in [9.17, 15) is 4.79 Å². The van der Waals surface area contributed by atoms with Gasteiger partial charge in [-0.15, -0.1) is 0 Å². The molecule has 1 aliphatic rings. The molecule has 0 aliphatic carbocycles. The fourth-order valence-corrected chi connectivity index (χ4v) is 2.49. The summed E-state index contributed by atoms with van der Waals surface area (Å²) in [6.45, 7) is 2.71. The molecule has 0 bridgehead atoms. The lowest BCUT2D eigenvalue weighted by molar-refractivity contribution is 0.0946. The number of benzene rings is 1. The van der Waals surface area contributed by atoms with Crippen LogP contribution in [0.5, 0.6) is 0 Å². The molecule has 0 radical (unpaired) electrons. The Balaban J connectivity index is 2.22. The van der Waals surface area contributed by atoms with E-state index in [1.807, 2.05) is 25.1 Å². The van der Waals surface area contributed by atoms with Crippen LogP contribution in [0.25, 0.3) is 11.1 Å². The zero-order chi connectivity index (χ0) is 12.5. The Kier molecular flexibility index (Phi) is 2.59. The standard InChI is InChI=1S/C15H14N2O/c1-10-11(6-3-8-16-10)12-4-2-5-14-13(12)7-9-17-15(14)18/h2-6,8H,7,9H2,1H3,(H,17,18). The van der Waals surface area contributed by atoms with Crippen molar-refractivity contribution in [2.24, 2.45) is 0 Å². The van der Waals surface area contributed by atoms with E-state index in [0.717, 1.165) is 34.4 Å². The lowest BCUT2D eigenvalue weighted by Crippen LogP contribution is -2.32. The molecule has 1 N–H and O–H groups in total. The Hall–Kier alpha value is -2.16. The number of nitrogens with zero attached hydrogens (tertiary/aromatic N) is 1. The highest BCUT2D eigenvalue weighted by atomic mass is 16.1. The Morgan fingerprint density at radius 3 is 2.72 bits per heavy atom. The molecule has 1 aromatic carbocycles. The van der Waals surface area contributed by atoms with Gasteiger partial charge < -0.3 is 5.32 Å². The first-order valence-corrected chi connectivity index (χ1v) is 6.09. The molecule has 0 fully saturated rings. The van der Waals surface area contributed by atoms with Crippen LogP contribution in [0.1, 0.15) is 21.6 Å². The van der Waals surface area contributed by atoms with Gasteiger partial charge in [0.15, 0.2) is 0 Å². The van der Waals surface area contributed by atoms with Crippen molar-refractivity contribution in [3.05, 3.63) is 53.3 Å². The van der Waals surface area contributed by atoms with Crippen molar-refractivity contribution >= 4 is 5.91 Å².